The minimum absolute atomic E-state index is 0.327. The summed E-state index contributed by atoms with van der Waals surface area (Å²) in [6.07, 6.45) is 3.14. The molecule has 0 bridgehead atoms. The molecule has 0 fully saturated rings. The van der Waals surface area contributed by atoms with Crippen molar-refractivity contribution in [3.8, 4) is 0 Å². The molecule has 114 valence electrons. The van der Waals surface area contributed by atoms with Gasteiger partial charge in [-0.3, -0.25) is 20.4 Å². The van der Waals surface area contributed by atoms with Crippen molar-refractivity contribution in [2.24, 2.45) is 0 Å². The van der Waals surface area contributed by atoms with Crippen molar-refractivity contribution in [1.29, 1.82) is 0 Å². The lowest BCUT2D eigenvalue weighted by molar-refractivity contribution is -0.117. The summed E-state index contributed by atoms with van der Waals surface area (Å²) in [5.74, 6) is -0.697. The van der Waals surface area contributed by atoms with E-state index in [1.54, 1.807) is 23.5 Å². The number of hydrogen-bond donors (Lipinski definition) is 2. The van der Waals surface area contributed by atoms with Crippen LogP contribution < -0.4 is 10.9 Å². The summed E-state index contributed by atoms with van der Waals surface area (Å²) in [6, 6.07) is 7.53. The van der Waals surface area contributed by atoms with E-state index in [-0.39, 0.29) is 11.8 Å². The van der Waals surface area contributed by atoms with Crippen LogP contribution in [-0.2, 0) is 4.79 Å². The smallest absolute Gasteiger partial charge is 0.268 e. The first-order chi connectivity index (χ1) is 10.5. The lowest BCUT2D eigenvalue weighted by atomic mass is 10.1. The van der Waals surface area contributed by atoms with Gasteiger partial charge in [0, 0.05) is 16.5 Å². The molecule has 0 radical (unpaired) electrons. The number of amides is 2. The molecule has 0 aliphatic rings. The maximum absolute atomic E-state index is 12.0. The largest absolute Gasteiger partial charge is 0.269 e. The highest BCUT2D eigenvalue weighted by Gasteiger charge is 2.09. The minimum Gasteiger partial charge on any atom is -0.268 e. The van der Waals surface area contributed by atoms with Gasteiger partial charge in [-0.15, -0.1) is 11.3 Å². The van der Waals surface area contributed by atoms with E-state index in [0.717, 1.165) is 21.6 Å². The normalized spacial score (nSPS) is 10.7. The second-order valence-corrected chi connectivity index (χ2v) is 6.01. The van der Waals surface area contributed by atoms with Crippen molar-refractivity contribution in [3.05, 3.63) is 62.9 Å². The van der Waals surface area contributed by atoms with Crippen molar-refractivity contribution in [2.45, 2.75) is 20.8 Å². The highest BCUT2D eigenvalue weighted by atomic mass is 32.1. The number of aryl methyl sites for hydroxylation is 3. The van der Waals surface area contributed by atoms with Gasteiger partial charge in [0.2, 0.25) is 0 Å². The summed E-state index contributed by atoms with van der Waals surface area (Å²) in [7, 11) is 0. The molecule has 1 aromatic heterocycles. The number of hydrogen-bond acceptors (Lipinski definition) is 3. The highest BCUT2D eigenvalue weighted by molar-refractivity contribution is 7.11. The van der Waals surface area contributed by atoms with E-state index in [1.807, 2.05) is 44.4 Å². The van der Waals surface area contributed by atoms with E-state index in [1.165, 1.54) is 6.08 Å². The Hall–Kier alpha value is -2.40. The molecule has 22 heavy (non-hydrogen) atoms. The van der Waals surface area contributed by atoms with E-state index in [0.29, 0.717) is 5.56 Å². The Morgan fingerprint density at radius 3 is 2.45 bits per heavy atom. The third-order valence-corrected chi connectivity index (χ3v) is 4.20. The van der Waals surface area contributed by atoms with Gasteiger partial charge in [-0.25, -0.2) is 0 Å². The lowest BCUT2D eigenvalue weighted by Crippen LogP contribution is -2.41. The predicted molar refractivity (Wildman–Crippen MR) is 89.6 cm³/mol. The maximum atomic E-state index is 12.0. The predicted octanol–water partition coefficient (Wildman–Crippen LogP) is 3.15. The summed E-state index contributed by atoms with van der Waals surface area (Å²) < 4.78 is 0. The Morgan fingerprint density at radius 2 is 1.82 bits per heavy atom. The average molecular weight is 314 g/mol. The lowest BCUT2D eigenvalue weighted by Gasteiger charge is -2.08. The monoisotopic (exact) mass is 314 g/mol. The van der Waals surface area contributed by atoms with Crippen LogP contribution in [-0.4, -0.2) is 11.8 Å². The van der Waals surface area contributed by atoms with Gasteiger partial charge in [-0.1, -0.05) is 17.7 Å². The Bertz CT molecular complexity index is 732. The van der Waals surface area contributed by atoms with E-state index in [2.05, 4.69) is 10.9 Å². The second kappa shape index (κ2) is 7.04. The summed E-state index contributed by atoms with van der Waals surface area (Å²) in [4.78, 5) is 24.8. The SMILES string of the molecule is Cc1ccc(C(=O)NNC(=O)/C=C/c2sccc2C)c(C)c1. The third kappa shape index (κ3) is 4.05. The van der Waals surface area contributed by atoms with Crippen LogP contribution in [0.1, 0.15) is 31.9 Å². The minimum atomic E-state index is -0.370. The van der Waals surface area contributed by atoms with Crippen LogP contribution in [0.25, 0.3) is 6.08 Å². The molecule has 2 rings (SSSR count). The number of thiophene rings is 1. The Labute approximate surface area is 133 Å². The third-order valence-electron chi connectivity index (χ3n) is 3.21. The molecular weight excluding hydrogens is 296 g/mol. The Morgan fingerprint density at radius 1 is 1.05 bits per heavy atom. The fourth-order valence-electron chi connectivity index (χ4n) is 2.00. The van der Waals surface area contributed by atoms with Crippen molar-refractivity contribution in [3.63, 3.8) is 0 Å². The van der Waals surface area contributed by atoms with Gasteiger partial charge < -0.3 is 0 Å². The van der Waals surface area contributed by atoms with Crippen LogP contribution in [0.4, 0.5) is 0 Å². The van der Waals surface area contributed by atoms with Crippen molar-refractivity contribution >= 4 is 29.2 Å². The van der Waals surface area contributed by atoms with E-state index in [4.69, 9.17) is 0 Å². The molecule has 2 amide bonds. The number of hydrazine groups is 1. The number of carbonyl (C=O) groups excluding carboxylic acids is 2. The maximum Gasteiger partial charge on any atom is 0.269 e. The molecular formula is C17H18N2O2S. The van der Waals surface area contributed by atoms with Gasteiger partial charge in [-0.05, 0) is 55.5 Å². The number of benzene rings is 1. The number of carbonyl (C=O) groups is 2. The van der Waals surface area contributed by atoms with Crippen LogP contribution >= 0.6 is 11.3 Å². The quantitative estimate of drug-likeness (QED) is 0.675. The molecule has 1 aromatic carbocycles. The summed E-state index contributed by atoms with van der Waals surface area (Å²) in [6.45, 7) is 5.81. The molecule has 0 saturated heterocycles. The summed E-state index contributed by atoms with van der Waals surface area (Å²) in [5.41, 5.74) is 8.43. The second-order valence-electron chi connectivity index (χ2n) is 5.06. The average Bonchev–Trinajstić information content (AvgIpc) is 2.88. The highest BCUT2D eigenvalue weighted by Crippen LogP contribution is 2.16. The van der Waals surface area contributed by atoms with Gasteiger partial charge in [0.15, 0.2) is 0 Å². The van der Waals surface area contributed by atoms with E-state index >= 15 is 0 Å². The molecule has 5 heteroatoms. The van der Waals surface area contributed by atoms with Gasteiger partial charge >= 0.3 is 0 Å². The number of rotatable bonds is 3. The molecule has 1 heterocycles. The zero-order chi connectivity index (χ0) is 16.1. The molecule has 0 atom stereocenters. The van der Waals surface area contributed by atoms with Crippen molar-refractivity contribution < 1.29 is 9.59 Å². The summed E-state index contributed by atoms with van der Waals surface area (Å²) >= 11 is 1.56. The fourth-order valence-corrected chi connectivity index (χ4v) is 2.82. The summed E-state index contributed by atoms with van der Waals surface area (Å²) in [5, 5.41) is 1.97. The molecule has 0 unspecified atom stereocenters. The zero-order valence-electron chi connectivity index (χ0n) is 12.8. The van der Waals surface area contributed by atoms with Gasteiger partial charge in [0.05, 0.1) is 0 Å². The van der Waals surface area contributed by atoms with Crippen molar-refractivity contribution in [2.75, 3.05) is 0 Å². The standard InChI is InChI=1S/C17H18N2O2S/c1-11-4-5-14(13(3)10-11)17(21)19-18-16(20)7-6-15-12(2)8-9-22-15/h4-10H,1-3H3,(H,18,20)(H,19,21)/b7-6+. The zero-order valence-corrected chi connectivity index (χ0v) is 13.6. The van der Waals surface area contributed by atoms with Crippen LogP contribution in [0.15, 0.2) is 35.7 Å². The first-order valence-electron chi connectivity index (χ1n) is 6.87. The Balaban J connectivity index is 1.92. The van der Waals surface area contributed by atoms with Crippen LogP contribution in [0, 0.1) is 20.8 Å². The molecule has 4 nitrogen and oxygen atoms in total. The van der Waals surface area contributed by atoms with Crippen molar-refractivity contribution in [1.82, 2.24) is 10.9 Å². The topological polar surface area (TPSA) is 58.2 Å². The van der Waals surface area contributed by atoms with Gasteiger partial charge in [0.1, 0.15) is 0 Å². The van der Waals surface area contributed by atoms with E-state index < -0.39 is 0 Å². The van der Waals surface area contributed by atoms with E-state index in [9.17, 15) is 9.59 Å². The van der Waals surface area contributed by atoms with Crippen LogP contribution in [0.3, 0.4) is 0 Å². The fraction of sp³-hybridized carbons (Fsp3) is 0.176. The van der Waals surface area contributed by atoms with Crippen LogP contribution in [0.5, 0.6) is 0 Å². The van der Waals surface area contributed by atoms with Gasteiger partial charge in [0.25, 0.3) is 11.8 Å². The molecule has 0 saturated carbocycles. The first kappa shape index (κ1) is 16.0. The molecule has 2 N–H and O–H groups in total. The first-order valence-corrected chi connectivity index (χ1v) is 7.75. The Kier molecular flexibility index (Phi) is 5.12. The number of nitrogens with one attached hydrogen (secondary N) is 2. The van der Waals surface area contributed by atoms with Crippen LogP contribution in [0.2, 0.25) is 0 Å². The molecule has 0 aliphatic heterocycles. The molecule has 0 spiro atoms. The molecule has 2 aromatic rings. The molecule has 0 aliphatic carbocycles. The van der Waals surface area contributed by atoms with Gasteiger partial charge in [-0.2, -0.15) is 0 Å².